The molecule has 30 heavy (non-hydrogen) atoms. The maximum Gasteiger partial charge on any atom is 0.254 e. The van der Waals surface area contributed by atoms with Gasteiger partial charge in [0.15, 0.2) is 0 Å². The van der Waals surface area contributed by atoms with Crippen LogP contribution in [-0.4, -0.2) is 61.9 Å². The summed E-state index contributed by atoms with van der Waals surface area (Å²) < 4.78 is 27.7. The molecule has 0 atom stereocenters. The van der Waals surface area contributed by atoms with Gasteiger partial charge in [0, 0.05) is 50.0 Å². The number of sulfonamides is 1. The minimum atomic E-state index is -3.60. The first-order valence-corrected chi connectivity index (χ1v) is 11.8. The summed E-state index contributed by atoms with van der Waals surface area (Å²) >= 11 is 0. The first-order chi connectivity index (χ1) is 14.3. The van der Waals surface area contributed by atoms with Crippen molar-refractivity contribution < 1.29 is 13.2 Å². The lowest BCUT2D eigenvalue weighted by molar-refractivity contribution is 0.0746. The zero-order valence-corrected chi connectivity index (χ0v) is 18.2. The van der Waals surface area contributed by atoms with E-state index in [-0.39, 0.29) is 10.8 Å². The Bertz CT molecular complexity index is 1020. The van der Waals surface area contributed by atoms with E-state index in [9.17, 15) is 13.2 Å². The highest BCUT2D eigenvalue weighted by Gasteiger charge is 2.26. The number of aryl methyl sites for hydroxylation is 2. The van der Waals surface area contributed by atoms with E-state index in [2.05, 4.69) is 19.6 Å². The quantitative estimate of drug-likeness (QED) is 0.752. The molecule has 1 aliphatic heterocycles. The number of carbonyl (C=O) groups is 1. The topological polar surface area (TPSA) is 95.5 Å². The molecule has 2 aromatic rings. The van der Waals surface area contributed by atoms with Crippen LogP contribution < -0.4 is 9.62 Å². The second-order valence-corrected chi connectivity index (χ2v) is 9.78. The largest absolute Gasteiger partial charge is 0.353 e. The molecular weight excluding hydrogens is 402 g/mol. The summed E-state index contributed by atoms with van der Waals surface area (Å²) in [7, 11) is -3.60. The molecule has 8 nitrogen and oxygen atoms in total. The number of hydrogen-bond donors (Lipinski definition) is 1. The van der Waals surface area contributed by atoms with Gasteiger partial charge >= 0.3 is 0 Å². The summed E-state index contributed by atoms with van der Waals surface area (Å²) in [5.41, 5.74) is 1.32. The average molecular weight is 430 g/mol. The lowest BCUT2D eigenvalue weighted by Crippen LogP contribution is -2.49. The van der Waals surface area contributed by atoms with E-state index >= 15 is 0 Å². The van der Waals surface area contributed by atoms with Crippen LogP contribution in [0.2, 0.25) is 0 Å². The van der Waals surface area contributed by atoms with Gasteiger partial charge in [-0.25, -0.2) is 23.1 Å². The maximum absolute atomic E-state index is 13.0. The van der Waals surface area contributed by atoms with Gasteiger partial charge in [-0.15, -0.1) is 0 Å². The molecule has 1 aromatic heterocycles. The fraction of sp³-hybridized carbons (Fsp3) is 0.476. The van der Waals surface area contributed by atoms with Gasteiger partial charge in [0.25, 0.3) is 5.91 Å². The number of nitrogens with zero attached hydrogens (tertiary/aromatic N) is 4. The molecule has 0 unspecified atom stereocenters. The van der Waals surface area contributed by atoms with Crippen molar-refractivity contribution in [3.8, 4) is 0 Å². The van der Waals surface area contributed by atoms with Gasteiger partial charge in [0.1, 0.15) is 11.6 Å². The summed E-state index contributed by atoms with van der Waals surface area (Å²) in [5, 5.41) is 0. The van der Waals surface area contributed by atoms with Crippen LogP contribution in [-0.2, 0) is 10.0 Å². The molecule has 160 valence electrons. The van der Waals surface area contributed by atoms with Gasteiger partial charge in [-0.1, -0.05) is 6.07 Å². The minimum absolute atomic E-state index is 0.138. The minimum Gasteiger partial charge on any atom is -0.353 e. The van der Waals surface area contributed by atoms with E-state index in [1.54, 1.807) is 17.0 Å². The highest BCUT2D eigenvalue weighted by molar-refractivity contribution is 7.89. The molecule has 2 aliphatic rings. The van der Waals surface area contributed by atoms with Crippen molar-refractivity contribution in [1.29, 1.82) is 0 Å². The monoisotopic (exact) mass is 429 g/mol. The van der Waals surface area contributed by atoms with E-state index < -0.39 is 10.0 Å². The van der Waals surface area contributed by atoms with E-state index in [0.29, 0.717) is 44.2 Å². The number of piperazine rings is 1. The number of aromatic nitrogens is 2. The van der Waals surface area contributed by atoms with Crippen LogP contribution >= 0.6 is 0 Å². The van der Waals surface area contributed by atoms with Gasteiger partial charge in [-0.2, -0.15) is 0 Å². The van der Waals surface area contributed by atoms with E-state index in [1.165, 1.54) is 12.1 Å². The van der Waals surface area contributed by atoms with E-state index in [1.807, 2.05) is 19.9 Å². The molecule has 2 heterocycles. The van der Waals surface area contributed by atoms with Crippen molar-refractivity contribution >= 4 is 21.7 Å². The number of benzene rings is 1. The Morgan fingerprint density at radius 3 is 2.50 bits per heavy atom. The second kappa shape index (κ2) is 8.31. The number of nitrogens with one attached hydrogen (secondary N) is 1. The van der Waals surface area contributed by atoms with Gasteiger partial charge in [-0.3, -0.25) is 4.79 Å². The fourth-order valence-corrected chi connectivity index (χ4v) is 4.77. The number of rotatable bonds is 6. The molecule has 1 aliphatic carbocycles. The normalized spacial score (nSPS) is 17.3. The third kappa shape index (κ3) is 4.79. The molecule has 0 bridgehead atoms. The molecular formula is C21H27N5O3S. The number of anilines is 1. The number of hydrogen-bond acceptors (Lipinski definition) is 6. The lowest BCUT2D eigenvalue weighted by Gasteiger charge is -2.35. The van der Waals surface area contributed by atoms with Crippen LogP contribution in [0, 0.1) is 19.8 Å². The first-order valence-electron chi connectivity index (χ1n) is 10.3. The van der Waals surface area contributed by atoms with Crippen LogP contribution in [0.5, 0.6) is 0 Å². The van der Waals surface area contributed by atoms with Crippen molar-refractivity contribution in [3.05, 3.63) is 47.4 Å². The molecule has 1 N–H and O–H groups in total. The van der Waals surface area contributed by atoms with Crippen molar-refractivity contribution in [1.82, 2.24) is 19.6 Å². The summed E-state index contributed by atoms with van der Waals surface area (Å²) in [6.45, 7) is 6.72. The van der Waals surface area contributed by atoms with Crippen LogP contribution in [0.1, 0.15) is 34.7 Å². The molecule has 1 amide bonds. The average Bonchev–Trinajstić information content (AvgIpc) is 3.56. The summed E-state index contributed by atoms with van der Waals surface area (Å²) in [5.74, 6) is 1.91. The van der Waals surface area contributed by atoms with Gasteiger partial charge in [0.05, 0.1) is 4.90 Å². The Labute approximate surface area is 177 Å². The smallest absolute Gasteiger partial charge is 0.254 e. The molecule has 9 heteroatoms. The Hall–Kier alpha value is -2.52. The van der Waals surface area contributed by atoms with Crippen molar-refractivity contribution in [2.24, 2.45) is 5.92 Å². The predicted octanol–water partition coefficient (Wildman–Crippen LogP) is 1.74. The van der Waals surface area contributed by atoms with Crippen molar-refractivity contribution in [2.75, 3.05) is 37.6 Å². The second-order valence-electron chi connectivity index (χ2n) is 8.02. The molecule has 1 saturated heterocycles. The summed E-state index contributed by atoms with van der Waals surface area (Å²) in [6, 6.07) is 8.26. The fourth-order valence-electron chi connectivity index (χ4n) is 3.61. The highest BCUT2D eigenvalue weighted by Crippen LogP contribution is 2.28. The summed E-state index contributed by atoms with van der Waals surface area (Å²) in [6.07, 6.45) is 2.14. The molecule has 2 fully saturated rings. The molecule has 0 radical (unpaired) electrons. The first kappa shape index (κ1) is 20.7. The van der Waals surface area contributed by atoms with E-state index in [4.69, 9.17) is 0 Å². The number of carbonyl (C=O) groups excluding carboxylic acids is 1. The third-order valence-corrected chi connectivity index (χ3v) is 6.91. The number of amides is 1. The Kier molecular flexibility index (Phi) is 5.75. The zero-order valence-electron chi connectivity index (χ0n) is 17.3. The molecule has 4 rings (SSSR count). The zero-order chi connectivity index (χ0) is 21.3. The SMILES string of the molecule is Cc1cc(N2CCN(C(=O)c3cccc(S(=O)(=O)NCC4CC4)c3)CC2)nc(C)n1. The van der Waals surface area contributed by atoms with Crippen molar-refractivity contribution in [3.63, 3.8) is 0 Å². The van der Waals surface area contributed by atoms with Crippen LogP contribution in [0.15, 0.2) is 35.2 Å². The lowest BCUT2D eigenvalue weighted by atomic mass is 10.2. The predicted molar refractivity (Wildman–Crippen MR) is 114 cm³/mol. The standard InChI is InChI=1S/C21H27N5O3S/c1-15-12-20(24-16(2)23-15)25-8-10-26(11-9-25)21(27)18-4-3-5-19(13-18)30(28,29)22-14-17-6-7-17/h3-5,12-13,17,22H,6-11,14H2,1-2H3. The van der Waals surface area contributed by atoms with Gasteiger partial charge < -0.3 is 9.80 Å². The Balaban J connectivity index is 1.41. The molecule has 0 spiro atoms. The third-order valence-electron chi connectivity index (χ3n) is 5.49. The summed E-state index contributed by atoms with van der Waals surface area (Å²) in [4.78, 5) is 25.8. The Morgan fingerprint density at radius 2 is 1.83 bits per heavy atom. The van der Waals surface area contributed by atoms with Crippen LogP contribution in [0.25, 0.3) is 0 Å². The molecule has 1 saturated carbocycles. The highest BCUT2D eigenvalue weighted by atomic mass is 32.2. The molecule has 1 aromatic carbocycles. The van der Waals surface area contributed by atoms with Crippen molar-refractivity contribution in [2.45, 2.75) is 31.6 Å². The van der Waals surface area contributed by atoms with Crippen LogP contribution in [0.4, 0.5) is 5.82 Å². The Morgan fingerprint density at radius 1 is 1.10 bits per heavy atom. The van der Waals surface area contributed by atoms with Gasteiger partial charge in [0.2, 0.25) is 10.0 Å². The maximum atomic E-state index is 13.0. The van der Waals surface area contributed by atoms with E-state index in [0.717, 1.165) is 30.2 Å². The van der Waals surface area contributed by atoms with Gasteiger partial charge in [-0.05, 0) is 50.8 Å². The van der Waals surface area contributed by atoms with Crippen LogP contribution in [0.3, 0.4) is 0 Å².